The molecule has 0 aromatic heterocycles. The normalized spacial score (nSPS) is 23.1. The van der Waals surface area contributed by atoms with Gasteiger partial charge in [-0.05, 0) is 31.0 Å². The Morgan fingerprint density at radius 1 is 1.30 bits per heavy atom. The number of rotatable bonds is 4. The maximum Gasteiger partial charge on any atom is 0.323 e. The second-order valence-corrected chi connectivity index (χ2v) is 5.71. The molecule has 5 heteroatoms. The maximum absolute atomic E-state index is 11.1. The van der Waals surface area contributed by atoms with Crippen LogP contribution in [0.2, 0.25) is 5.02 Å². The summed E-state index contributed by atoms with van der Waals surface area (Å²) in [7, 11) is 0. The van der Waals surface area contributed by atoms with Crippen LogP contribution in [0.3, 0.4) is 0 Å². The van der Waals surface area contributed by atoms with Gasteiger partial charge in [-0.2, -0.15) is 0 Å². The number of carboxylic acid groups (broad SMARTS) is 1. The summed E-state index contributed by atoms with van der Waals surface area (Å²) >= 11 is 6.00. The van der Waals surface area contributed by atoms with E-state index in [2.05, 4.69) is 0 Å². The number of halogens is 1. The maximum atomic E-state index is 11.1. The molecule has 1 saturated carbocycles. The molecular formula is C15H20ClNO3. The van der Waals surface area contributed by atoms with Crippen molar-refractivity contribution in [2.24, 2.45) is 0 Å². The first-order valence-electron chi connectivity index (χ1n) is 7.00. The molecule has 110 valence electrons. The molecule has 1 aromatic carbocycles. The molecule has 4 nitrogen and oxygen atoms in total. The Bertz CT molecular complexity index is 466. The minimum Gasteiger partial charge on any atom is -0.480 e. The zero-order valence-corrected chi connectivity index (χ0v) is 12.1. The lowest BCUT2D eigenvalue weighted by molar-refractivity contribution is -0.135. The summed E-state index contributed by atoms with van der Waals surface area (Å²) in [5.41, 5.74) is 0.755. The van der Waals surface area contributed by atoms with Gasteiger partial charge in [0.2, 0.25) is 0 Å². The lowest BCUT2D eigenvalue weighted by Gasteiger charge is -2.34. The highest BCUT2D eigenvalue weighted by atomic mass is 35.5. The highest BCUT2D eigenvalue weighted by Crippen LogP contribution is 2.28. The van der Waals surface area contributed by atoms with Crippen LogP contribution in [-0.4, -0.2) is 34.9 Å². The lowest BCUT2D eigenvalue weighted by Crippen LogP contribution is -2.45. The van der Waals surface area contributed by atoms with E-state index in [1.165, 1.54) is 0 Å². The zero-order chi connectivity index (χ0) is 14.5. The molecule has 2 unspecified atom stereocenters. The third-order valence-corrected chi connectivity index (χ3v) is 4.02. The second kappa shape index (κ2) is 6.95. The van der Waals surface area contributed by atoms with Crippen molar-refractivity contribution in [2.75, 3.05) is 11.4 Å². The van der Waals surface area contributed by atoms with Crippen molar-refractivity contribution in [2.45, 2.75) is 44.2 Å². The SMILES string of the molecule is O=C(O)CN(c1cccc(Cl)c1)C1CCCCCC1O. The summed E-state index contributed by atoms with van der Waals surface area (Å²) in [4.78, 5) is 12.9. The van der Waals surface area contributed by atoms with Crippen LogP contribution in [0.4, 0.5) is 5.69 Å². The van der Waals surface area contributed by atoms with Crippen LogP contribution in [0.1, 0.15) is 32.1 Å². The zero-order valence-electron chi connectivity index (χ0n) is 11.3. The molecule has 0 bridgehead atoms. The fourth-order valence-corrected chi connectivity index (χ4v) is 3.02. The third kappa shape index (κ3) is 3.87. The molecule has 2 atom stereocenters. The number of aliphatic carboxylic acids is 1. The summed E-state index contributed by atoms with van der Waals surface area (Å²) < 4.78 is 0. The smallest absolute Gasteiger partial charge is 0.323 e. The molecule has 0 amide bonds. The molecular weight excluding hydrogens is 278 g/mol. The van der Waals surface area contributed by atoms with Gasteiger partial charge in [0.25, 0.3) is 0 Å². The number of anilines is 1. The van der Waals surface area contributed by atoms with Crippen LogP contribution < -0.4 is 4.90 Å². The highest BCUT2D eigenvalue weighted by molar-refractivity contribution is 6.30. The molecule has 1 fully saturated rings. The Kier molecular flexibility index (Phi) is 5.26. The van der Waals surface area contributed by atoms with Crippen molar-refractivity contribution in [1.82, 2.24) is 0 Å². The van der Waals surface area contributed by atoms with E-state index in [0.717, 1.165) is 37.8 Å². The molecule has 0 aliphatic heterocycles. The Morgan fingerprint density at radius 2 is 2.05 bits per heavy atom. The molecule has 1 aromatic rings. The van der Waals surface area contributed by atoms with E-state index in [-0.39, 0.29) is 12.6 Å². The Labute approximate surface area is 124 Å². The third-order valence-electron chi connectivity index (χ3n) is 3.79. The number of carbonyl (C=O) groups is 1. The number of hydrogen-bond acceptors (Lipinski definition) is 3. The summed E-state index contributed by atoms with van der Waals surface area (Å²) in [5, 5.41) is 20.0. The van der Waals surface area contributed by atoms with Gasteiger partial charge in [0.05, 0.1) is 12.1 Å². The molecule has 1 aliphatic carbocycles. The van der Waals surface area contributed by atoms with Crippen molar-refractivity contribution >= 4 is 23.3 Å². The quantitative estimate of drug-likeness (QED) is 0.839. The van der Waals surface area contributed by atoms with Crippen LogP contribution in [0.15, 0.2) is 24.3 Å². The van der Waals surface area contributed by atoms with Crippen molar-refractivity contribution in [1.29, 1.82) is 0 Å². The Hall–Kier alpha value is -1.26. The highest BCUT2D eigenvalue weighted by Gasteiger charge is 2.29. The van der Waals surface area contributed by atoms with Gasteiger partial charge >= 0.3 is 5.97 Å². The van der Waals surface area contributed by atoms with Gasteiger partial charge in [-0.15, -0.1) is 0 Å². The van der Waals surface area contributed by atoms with Crippen molar-refractivity contribution in [3.8, 4) is 0 Å². The van der Waals surface area contributed by atoms with Gasteiger partial charge in [-0.1, -0.05) is 36.9 Å². The second-order valence-electron chi connectivity index (χ2n) is 5.27. The summed E-state index contributed by atoms with van der Waals surface area (Å²) in [6.45, 7) is -0.123. The first-order chi connectivity index (χ1) is 9.58. The molecule has 0 radical (unpaired) electrons. The Balaban J connectivity index is 2.28. The van der Waals surface area contributed by atoms with Crippen LogP contribution in [0.5, 0.6) is 0 Å². The predicted molar refractivity (Wildman–Crippen MR) is 79.3 cm³/mol. The van der Waals surface area contributed by atoms with Gasteiger partial charge < -0.3 is 15.1 Å². The largest absolute Gasteiger partial charge is 0.480 e. The van der Waals surface area contributed by atoms with Gasteiger partial charge in [0.1, 0.15) is 6.54 Å². The van der Waals surface area contributed by atoms with Crippen molar-refractivity contribution in [3.05, 3.63) is 29.3 Å². The standard InChI is InChI=1S/C15H20ClNO3/c16-11-5-4-6-12(9-11)17(10-15(19)20)13-7-2-1-3-8-14(13)18/h4-6,9,13-14,18H,1-3,7-8,10H2,(H,19,20). The average Bonchev–Trinajstić information content (AvgIpc) is 2.60. The van der Waals surface area contributed by atoms with Crippen molar-refractivity contribution < 1.29 is 15.0 Å². The van der Waals surface area contributed by atoms with E-state index in [1.54, 1.807) is 23.1 Å². The Morgan fingerprint density at radius 3 is 2.75 bits per heavy atom. The van der Waals surface area contributed by atoms with Crippen LogP contribution in [-0.2, 0) is 4.79 Å². The summed E-state index contributed by atoms with van der Waals surface area (Å²) in [5.74, 6) is -0.901. The minimum absolute atomic E-state index is 0.123. The molecule has 0 saturated heterocycles. The molecule has 20 heavy (non-hydrogen) atoms. The van der Waals surface area contributed by atoms with Gasteiger partial charge in [0, 0.05) is 10.7 Å². The molecule has 1 aliphatic rings. The topological polar surface area (TPSA) is 60.8 Å². The number of hydrogen-bond donors (Lipinski definition) is 2. The first kappa shape index (κ1) is 15.1. The van der Waals surface area contributed by atoms with Gasteiger partial charge in [-0.3, -0.25) is 4.79 Å². The molecule has 0 heterocycles. The van der Waals surface area contributed by atoms with Crippen LogP contribution in [0.25, 0.3) is 0 Å². The minimum atomic E-state index is -0.901. The number of aliphatic hydroxyl groups excluding tert-OH is 1. The van der Waals surface area contributed by atoms with Gasteiger partial charge in [0.15, 0.2) is 0 Å². The predicted octanol–water partition coefficient (Wildman–Crippen LogP) is 2.92. The van der Waals surface area contributed by atoms with E-state index in [1.807, 2.05) is 6.07 Å². The van der Waals surface area contributed by atoms with Gasteiger partial charge in [-0.25, -0.2) is 0 Å². The summed E-state index contributed by atoms with van der Waals surface area (Å²) in [6.07, 6.45) is 4.13. The van der Waals surface area contributed by atoms with E-state index in [0.29, 0.717) is 5.02 Å². The lowest BCUT2D eigenvalue weighted by atomic mass is 10.0. The van der Waals surface area contributed by atoms with E-state index < -0.39 is 12.1 Å². The molecule has 0 spiro atoms. The fourth-order valence-electron chi connectivity index (χ4n) is 2.83. The average molecular weight is 298 g/mol. The fraction of sp³-hybridized carbons (Fsp3) is 0.533. The molecule has 2 rings (SSSR count). The van der Waals surface area contributed by atoms with E-state index in [9.17, 15) is 9.90 Å². The number of aliphatic hydroxyl groups is 1. The number of benzene rings is 1. The number of carboxylic acids is 1. The van der Waals surface area contributed by atoms with Crippen LogP contribution >= 0.6 is 11.6 Å². The van der Waals surface area contributed by atoms with Crippen LogP contribution in [0, 0.1) is 0 Å². The van der Waals surface area contributed by atoms with E-state index in [4.69, 9.17) is 16.7 Å². The summed E-state index contributed by atoms with van der Waals surface area (Å²) in [6, 6.07) is 6.99. The van der Waals surface area contributed by atoms with E-state index >= 15 is 0 Å². The van der Waals surface area contributed by atoms with Crippen molar-refractivity contribution in [3.63, 3.8) is 0 Å². The molecule has 2 N–H and O–H groups in total. The number of nitrogens with zero attached hydrogens (tertiary/aromatic N) is 1. The monoisotopic (exact) mass is 297 g/mol. The first-order valence-corrected chi connectivity index (χ1v) is 7.38.